The highest BCUT2D eigenvalue weighted by Gasteiger charge is 2.33. The Morgan fingerprint density at radius 1 is 1.23 bits per heavy atom. The van der Waals surface area contributed by atoms with Crippen molar-refractivity contribution in [3.05, 3.63) is 59.0 Å². The van der Waals surface area contributed by atoms with E-state index in [1.807, 2.05) is 55.5 Å². The van der Waals surface area contributed by atoms with Crippen LogP contribution in [0.15, 0.2) is 53.4 Å². The van der Waals surface area contributed by atoms with Crippen molar-refractivity contribution in [2.45, 2.75) is 6.92 Å². The molecule has 0 aliphatic carbocycles. The van der Waals surface area contributed by atoms with Crippen LogP contribution in [0, 0.1) is 0 Å². The van der Waals surface area contributed by atoms with Crippen LogP contribution >= 0.6 is 35.3 Å². The van der Waals surface area contributed by atoms with E-state index in [1.165, 1.54) is 28.0 Å². The lowest BCUT2D eigenvalue weighted by Gasteiger charge is -2.13. The summed E-state index contributed by atoms with van der Waals surface area (Å²) >= 11 is 7.89. The maximum absolute atomic E-state index is 12.8. The van der Waals surface area contributed by atoms with Gasteiger partial charge in [-0.1, -0.05) is 59.6 Å². The van der Waals surface area contributed by atoms with Crippen LogP contribution in [0.25, 0.3) is 16.3 Å². The number of rotatable bonds is 6. The van der Waals surface area contributed by atoms with Gasteiger partial charge in [0.2, 0.25) is 5.91 Å². The van der Waals surface area contributed by atoms with E-state index in [2.05, 4.69) is 10.3 Å². The van der Waals surface area contributed by atoms with Crippen LogP contribution in [0.1, 0.15) is 12.5 Å². The Hall–Kier alpha value is -2.75. The van der Waals surface area contributed by atoms with Gasteiger partial charge in [-0.15, -0.1) is 0 Å². The molecule has 2 aromatic carbocycles. The van der Waals surface area contributed by atoms with Gasteiger partial charge < -0.3 is 10.1 Å². The summed E-state index contributed by atoms with van der Waals surface area (Å²) in [6.45, 7) is 2.37. The topological polar surface area (TPSA) is 71.5 Å². The Balaban J connectivity index is 1.42. The van der Waals surface area contributed by atoms with Gasteiger partial charge in [-0.2, -0.15) is 0 Å². The maximum atomic E-state index is 12.8. The molecule has 1 N–H and O–H groups in total. The normalized spacial score (nSPS) is 15.2. The fourth-order valence-corrected chi connectivity index (χ4v) is 4.98. The van der Waals surface area contributed by atoms with Crippen molar-refractivity contribution in [2.75, 3.05) is 18.5 Å². The van der Waals surface area contributed by atoms with Gasteiger partial charge in [0.15, 0.2) is 5.13 Å². The number of hydrogen-bond donors (Lipinski definition) is 1. The summed E-state index contributed by atoms with van der Waals surface area (Å²) in [6, 6.07) is 15.1. The molecular weight excluding hydrogens is 438 g/mol. The van der Waals surface area contributed by atoms with Gasteiger partial charge in [0.25, 0.3) is 5.91 Å². The Kier molecular flexibility index (Phi) is 6.12. The molecule has 0 radical (unpaired) electrons. The summed E-state index contributed by atoms with van der Waals surface area (Å²) in [4.78, 5) is 31.4. The zero-order valence-electron chi connectivity index (χ0n) is 16.0. The van der Waals surface area contributed by atoms with E-state index in [9.17, 15) is 9.59 Å². The second-order valence-corrected chi connectivity index (χ2v) is 9.01. The molecule has 0 bridgehead atoms. The minimum atomic E-state index is -0.340. The van der Waals surface area contributed by atoms with E-state index in [4.69, 9.17) is 17.0 Å². The molecule has 3 aromatic rings. The highest BCUT2D eigenvalue weighted by Crippen LogP contribution is 2.33. The number of thioether (sulfide) groups is 1. The molecule has 2 amide bonds. The van der Waals surface area contributed by atoms with Crippen LogP contribution in [0.3, 0.4) is 0 Å². The smallest absolute Gasteiger partial charge is 0.266 e. The van der Waals surface area contributed by atoms with Crippen molar-refractivity contribution in [3.8, 4) is 5.75 Å². The molecule has 0 unspecified atom stereocenters. The number of aromatic nitrogens is 1. The van der Waals surface area contributed by atoms with Crippen LogP contribution < -0.4 is 10.1 Å². The lowest BCUT2D eigenvalue weighted by Crippen LogP contribution is -2.36. The third-order valence-corrected chi connectivity index (χ3v) is 6.53. The van der Waals surface area contributed by atoms with Crippen LogP contribution in [0.2, 0.25) is 0 Å². The number of amides is 2. The van der Waals surface area contributed by atoms with Crippen molar-refractivity contribution in [2.24, 2.45) is 0 Å². The molecule has 2 heterocycles. The number of carbonyl (C=O) groups excluding carboxylic acids is 2. The third-order valence-electron chi connectivity index (χ3n) is 4.20. The molecule has 1 aliphatic rings. The number of nitrogens with zero attached hydrogens (tertiary/aromatic N) is 2. The van der Waals surface area contributed by atoms with Crippen LogP contribution in [-0.2, 0) is 9.59 Å². The van der Waals surface area contributed by atoms with E-state index < -0.39 is 0 Å². The molecular formula is C21H17N3O3S3. The molecule has 0 atom stereocenters. The Morgan fingerprint density at radius 3 is 2.73 bits per heavy atom. The van der Waals surface area contributed by atoms with Gasteiger partial charge in [-0.05, 0) is 42.8 Å². The van der Waals surface area contributed by atoms with E-state index in [0.717, 1.165) is 21.5 Å². The Morgan fingerprint density at radius 2 is 2.00 bits per heavy atom. The Bertz CT molecular complexity index is 1120. The average molecular weight is 456 g/mol. The number of hydrogen-bond acceptors (Lipinski definition) is 7. The van der Waals surface area contributed by atoms with Crippen LogP contribution in [0.4, 0.5) is 5.13 Å². The standard InChI is InChI=1S/C21H17N3O3S3/c1-2-27-14-9-7-13(8-10-14)11-17-19(26)24(21(28)30-17)12-18(25)23-20-22-15-5-3-4-6-16(15)29-20/h3-11H,2,12H2,1H3,(H,22,23,25)/b17-11+. The second kappa shape index (κ2) is 8.95. The zero-order valence-corrected chi connectivity index (χ0v) is 18.4. The van der Waals surface area contributed by atoms with Gasteiger partial charge in [0.05, 0.1) is 21.7 Å². The number of ether oxygens (including phenoxy) is 1. The van der Waals surface area contributed by atoms with Crippen LogP contribution in [-0.4, -0.2) is 39.2 Å². The van der Waals surface area contributed by atoms with Crippen molar-refractivity contribution < 1.29 is 14.3 Å². The summed E-state index contributed by atoms with van der Waals surface area (Å²) < 4.78 is 6.77. The van der Waals surface area contributed by atoms with E-state index >= 15 is 0 Å². The average Bonchev–Trinajstić information content (AvgIpc) is 3.25. The molecule has 30 heavy (non-hydrogen) atoms. The molecule has 0 saturated carbocycles. The van der Waals surface area contributed by atoms with Gasteiger partial charge in [0, 0.05) is 0 Å². The fraction of sp³-hybridized carbons (Fsp3) is 0.143. The minimum Gasteiger partial charge on any atom is -0.494 e. The van der Waals surface area contributed by atoms with Crippen molar-refractivity contribution >= 4 is 72.9 Å². The molecule has 1 fully saturated rings. The van der Waals surface area contributed by atoms with Crippen molar-refractivity contribution in [1.29, 1.82) is 0 Å². The number of anilines is 1. The molecule has 6 nitrogen and oxygen atoms in total. The lowest BCUT2D eigenvalue weighted by molar-refractivity contribution is -0.126. The van der Waals surface area contributed by atoms with E-state index in [-0.39, 0.29) is 18.4 Å². The summed E-state index contributed by atoms with van der Waals surface area (Å²) in [5.74, 6) is 0.153. The molecule has 4 rings (SSSR count). The third kappa shape index (κ3) is 4.53. The first-order chi connectivity index (χ1) is 14.5. The summed E-state index contributed by atoms with van der Waals surface area (Å²) in [7, 11) is 0. The predicted octanol–water partition coefficient (Wildman–Crippen LogP) is 4.53. The first-order valence-corrected chi connectivity index (χ1v) is 11.2. The minimum absolute atomic E-state index is 0.152. The van der Waals surface area contributed by atoms with Gasteiger partial charge in [-0.3, -0.25) is 14.5 Å². The lowest BCUT2D eigenvalue weighted by atomic mass is 10.2. The Labute approximate surface area is 186 Å². The molecule has 1 aliphatic heterocycles. The quantitative estimate of drug-likeness (QED) is 0.435. The SMILES string of the molecule is CCOc1ccc(/C=C2/SC(=S)N(CC(=O)Nc3nc4ccccc4s3)C2=O)cc1. The first kappa shape index (κ1) is 20.5. The zero-order chi connectivity index (χ0) is 21.1. The molecule has 152 valence electrons. The second-order valence-electron chi connectivity index (χ2n) is 6.30. The highest BCUT2D eigenvalue weighted by molar-refractivity contribution is 8.26. The summed E-state index contributed by atoms with van der Waals surface area (Å²) in [5, 5.41) is 3.25. The number of thiazole rings is 1. The number of para-hydroxylation sites is 1. The summed E-state index contributed by atoms with van der Waals surface area (Å²) in [6.07, 6.45) is 1.76. The fourth-order valence-electron chi connectivity index (χ4n) is 2.84. The largest absolute Gasteiger partial charge is 0.494 e. The highest BCUT2D eigenvalue weighted by atomic mass is 32.2. The number of carbonyl (C=O) groups is 2. The number of nitrogens with one attached hydrogen (secondary N) is 1. The molecule has 1 aromatic heterocycles. The van der Waals surface area contributed by atoms with Gasteiger partial charge >= 0.3 is 0 Å². The monoisotopic (exact) mass is 455 g/mol. The van der Waals surface area contributed by atoms with Crippen molar-refractivity contribution in [3.63, 3.8) is 0 Å². The van der Waals surface area contributed by atoms with Gasteiger partial charge in [0.1, 0.15) is 16.6 Å². The first-order valence-electron chi connectivity index (χ1n) is 9.17. The van der Waals surface area contributed by atoms with E-state index in [0.29, 0.717) is 21.0 Å². The predicted molar refractivity (Wildman–Crippen MR) is 126 cm³/mol. The molecule has 1 saturated heterocycles. The van der Waals surface area contributed by atoms with Crippen LogP contribution in [0.5, 0.6) is 5.75 Å². The maximum Gasteiger partial charge on any atom is 0.266 e. The summed E-state index contributed by atoms with van der Waals surface area (Å²) in [5.41, 5.74) is 1.68. The van der Waals surface area contributed by atoms with Crippen molar-refractivity contribution in [1.82, 2.24) is 9.88 Å². The molecule has 0 spiro atoms. The number of thiocarbonyl (C=S) groups is 1. The van der Waals surface area contributed by atoms with E-state index in [1.54, 1.807) is 6.08 Å². The number of fused-ring (bicyclic) bond motifs is 1. The number of benzene rings is 2. The molecule has 9 heteroatoms. The van der Waals surface area contributed by atoms with Gasteiger partial charge in [-0.25, -0.2) is 4.98 Å².